The Hall–Kier alpha value is -3.22. The van der Waals surface area contributed by atoms with Crippen LogP contribution in [0.25, 0.3) is 22.5 Å². The first-order chi connectivity index (χ1) is 16.3. The number of benzene rings is 3. The Morgan fingerprint density at radius 1 is 1.00 bits per heavy atom. The average molecular weight is 492 g/mol. The van der Waals surface area contributed by atoms with E-state index in [2.05, 4.69) is 72.7 Å². The van der Waals surface area contributed by atoms with Gasteiger partial charge in [-0.25, -0.2) is 4.98 Å². The second kappa shape index (κ2) is 10.4. The van der Waals surface area contributed by atoms with Crippen molar-refractivity contribution in [1.82, 2.24) is 9.97 Å². The number of hydrogen-bond acceptors (Lipinski definition) is 4. The lowest BCUT2D eigenvalue weighted by molar-refractivity contribution is -0.115. The molecule has 3 aromatic carbocycles. The number of aryl methyl sites for hydroxylation is 2. The number of methoxy groups -OCH3 is 1. The summed E-state index contributed by atoms with van der Waals surface area (Å²) >= 11 is 7.46. The number of H-pyrrole nitrogens is 1. The quantitative estimate of drug-likeness (QED) is 0.269. The Morgan fingerprint density at radius 2 is 1.62 bits per heavy atom. The Kier molecular flexibility index (Phi) is 7.29. The Balaban J connectivity index is 1.61. The topological polar surface area (TPSA) is 67.0 Å². The van der Waals surface area contributed by atoms with Gasteiger partial charge in [0.05, 0.1) is 29.4 Å². The summed E-state index contributed by atoms with van der Waals surface area (Å²) in [7, 11) is 1.55. The number of halogens is 1. The standard InChI is InChI=1S/C27H26ClN3O2S/c1-16-5-9-19(10-6-16)24-25(20-11-7-17(2)8-12-20)31-27(30-24)34-18(3)26(32)29-22-15-21(28)13-14-23(22)33-4/h5-15,18H,1-4H3,(H,29,32)(H,30,31). The molecule has 1 aromatic heterocycles. The number of nitrogens with one attached hydrogen (secondary N) is 2. The van der Waals surface area contributed by atoms with Crippen molar-refractivity contribution < 1.29 is 9.53 Å². The van der Waals surface area contributed by atoms with E-state index in [1.807, 2.05) is 6.92 Å². The fourth-order valence-electron chi connectivity index (χ4n) is 3.49. The molecule has 0 saturated heterocycles. The lowest BCUT2D eigenvalue weighted by Crippen LogP contribution is -2.22. The molecule has 1 heterocycles. The minimum Gasteiger partial charge on any atom is -0.495 e. The third-order valence-corrected chi connectivity index (χ3v) is 6.64. The summed E-state index contributed by atoms with van der Waals surface area (Å²) in [4.78, 5) is 21.2. The van der Waals surface area contributed by atoms with Crippen molar-refractivity contribution in [3.8, 4) is 28.3 Å². The van der Waals surface area contributed by atoms with Crippen LogP contribution >= 0.6 is 23.4 Å². The molecule has 0 radical (unpaired) electrons. The van der Waals surface area contributed by atoms with Crippen molar-refractivity contribution in [2.24, 2.45) is 0 Å². The van der Waals surface area contributed by atoms with Crippen LogP contribution in [0.1, 0.15) is 18.1 Å². The number of amides is 1. The maximum atomic E-state index is 12.9. The highest BCUT2D eigenvalue weighted by atomic mass is 35.5. The third-order valence-electron chi connectivity index (χ3n) is 5.42. The van der Waals surface area contributed by atoms with Crippen molar-refractivity contribution in [3.05, 3.63) is 82.9 Å². The van der Waals surface area contributed by atoms with Crippen LogP contribution < -0.4 is 10.1 Å². The molecule has 4 rings (SSSR count). The van der Waals surface area contributed by atoms with Crippen molar-refractivity contribution >= 4 is 35.0 Å². The van der Waals surface area contributed by atoms with Crippen molar-refractivity contribution in [1.29, 1.82) is 0 Å². The van der Waals surface area contributed by atoms with E-state index < -0.39 is 5.25 Å². The number of carbonyl (C=O) groups is 1. The minimum atomic E-state index is -0.411. The number of thioether (sulfide) groups is 1. The van der Waals surface area contributed by atoms with Gasteiger partial charge in [-0.15, -0.1) is 0 Å². The summed E-state index contributed by atoms with van der Waals surface area (Å²) in [5, 5.41) is 3.69. The fraction of sp³-hybridized carbons (Fsp3) is 0.185. The van der Waals surface area contributed by atoms with E-state index in [9.17, 15) is 4.79 Å². The average Bonchev–Trinajstić information content (AvgIpc) is 3.23. The van der Waals surface area contributed by atoms with Crippen LogP contribution in [0.5, 0.6) is 5.75 Å². The Labute approximate surface area is 208 Å². The van der Waals surface area contributed by atoms with Crippen molar-refractivity contribution in [3.63, 3.8) is 0 Å². The molecule has 4 aromatic rings. The number of anilines is 1. The van der Waals surface area contributed by atoms with Crippen LogP contribution in [-0.2, 0) is 4.79 Å². The third kappa shape index (κ3) is 5.46. The Bertz CT molecular complexity index is 1240. The molecule has 2 N–H and O–H groups in total. The van der Waals surface area contributed by atoms with E-state index >= 15 is 0 Å². The molecule has 34 heavy (non-hydrogen) atoms. The van der Waals surface area contributed by atoms with E-state index in [1.54, 1.807) is 25.3 Å². The second-order valence-corrected chi connectivity index (χ2v) is 9.86. The van der Waals surface area contributed by atoms with Crippen LogP contribution in [0.15, 0.2) is 71.9 Å². The maximum Gasteiger partial charge on any atom is 0.237 e. The molecule has 0 spiro atoms. The van der Waals surface area contributed by atoms with Gasteiger partial charge in [-0.2, -0.15) is 0 Å². The van der Waals surface area contributed by atoms with E-state index in [0.717, 1.165) is 22.5 Å². The summed E-state index contributed by atoms with van der Waals surface area (Å²) < 4.78 is 5.33. The zero-order valence-corrected chi connectivity index (χ0v) is 21.1. The van der Waals surface area contributed by atoms with Crippen LogP contribution in [0, 0.1) is 13.8 Å². The molecule has 0 aliphatic carbocycles. The number of hydrogen-bond donors (Lipinski definition) is 2. The normalized spacial score (nSPS) is 11.8. The maximum absolute atomic E-state index is 12.9. The highest BCUT2D eigenvalue weighted by molar-refractivity contribution is 8.00. The minimum absolute atomic E-state index is 0.171. The predicted octanol–water partition coefficient (Wildman–Crippen LogP) is 7.14. The lowest BCUT2D eigenvalue weighted by Gasteiger charge is -2.13. The number of ether oxygens (including phenoxy) is 1. The first-order valence-electron chi connectivity index (χ1n) is 10.9. The summed E-state index contributed by atoms with van der Waals surface area (Å²) in [6, 6.07) is 21.7. The van der Waals surface area contributed by atoms with Crippen LogP contribution in [-0.4, -0.2) is 28.2 Å². The van der Waals surface area contributed by atoms with Crippen LogP contribution in [0.2, 0.25) is 5.02 Å². The van der Waals surface area contributed by atoms with Gasteiger partial charge < -0.3 is 15.0 Å². The number of aromatic amines is 1. The number of nitrogens with zero attached hydrogens (tertiary/aromatic N) is 1. The van der Waals surface area contributed by atoms with Gasteiger partial charge in [0.2, 0.25) is 5.91 Å². The van der Waals surface area contributed by atoms with Crippen molar-refractivity contribution in [2.75, 3.05) is 12.4 Å². The smallest absolute Gasteiger partial charge is 0.237 e. The number of imidazole rings is 1. The highest BCUT2D eigenvalue weighted by Crippen LogP contribution is 2.35. The number of carbonyl (C=O) groups excluding carboxylic acids is 1. The summed E-state index contributed by atoms with van der Waals surface area (Å²) in [6.45, 7) is 5.97. The second-order valence-electron chi connectivity index (χ2n) is 8.09. The fourth-order valence-corrected chi connectivity index (χ4v) is 4.47. The first-order valence-corrected chi connectivity index (χ1v) is 12.1. The Morgan fingerprint density at radius 3 is 2.24 bits per heavy atom. The molecule has 1 amide bonds. The van der Waals surface area contributed by atoms with Gasteiger partial charge in [0.25, 0.3) is 0 Å². The molecule has 0 saturated carbocycles. The molecule has 0 fully saturated rings. The molecule has 0 aliphatic rings. The highest BCUT2D eigenvalue weighted by Gasteiger charge is 2.21. The molecular weight excluding hydrogens is 466 g/mol. The number of rotatable bonds is 7. The molecule has 1 atom stereocenters. The van der Waals surface area contributed by atoms with Crippen LogP contribution in [0.3, 0.4) is 0 Å². The van der Waals surface area contributed by atoms with Gasteiger partial charge in [-0.05, 0) is 39.0 Å². The van der Waals surface area contributed by atoms with Crippen molar-refractivity contribution in [2.45, 2.75) is 31.2 Å². The molecule has 174 valence electrons. The van der Waals surface area contributed by atoms with Gasteiger partial charge in [0.1, 0.15) is 5.75 Å². The van der Waals surface area contributed by atoms with E-state index in [4.69, 9.17) is 21.3 Å². The monoisotopic (exact) mass is 491 g/mol. The van der Waals surface area contributed by atoms with E-state index in [-0.39, 0.29) is 5.91 Å². The molecule has 7 heteroatoms. The zero-order valence-electron chi connectivity index (χ0n) is 19.5. The summed E-state index contributed by atoms with van der Waals surface area (Å²) in [5.74, 6) is 0.381. The summed E-state index contributed by atoms with van der Waals surface area (Å²) in [6.07, 6.45) is 0. The van der Waals surface area contributed by atoms with Gasteiger partial charge >= 0.3 is 0 Å². The van der Waals surface area contributed by atoms with E-state index in [0.29, 0.717) is 21.6 Å². The largest absolute Gasteiger partial charge is 0.495 e. The van der Waals surface area contributed by atoms with Gasteiger partial charge in [-0.1, -0.05) is 83.0 Å². The SMILES string of the molecule is COc1ccc(Cl)cc1NC(=O)C(C)Sc1nc(-c2ccc(C)cc2)c(-c2ccc(C)cc2)[nH]1. The molecule has 0 aliphatic heterocycles. The molecule has 1 unspecified atom stereocenters. The molecular formula is C27H26ClN3O2S. The lowest BCUT2D eigenvalue weighted by atomic mass is 10.0. The van der Waals surface area contributed by atoms with Crippen LogP contribution in [0.4, 0.5) is 5.69 Å². The first kappa shape index (κ1) is 23.9. The molecule has 0 bridgehead atoms. The zero-order chi connectivity index (χ0) is 24.2. The predicted molar refractivity (Wildman–Crippen MR) is 141 cm³/mol. The van der Waals surface area contributed by atoms with E-state index in [1.165, 1.54) is 22.9 Å². The van der Waals surface area contributed by atoms with Gasteiger partial charge in [-0.3, -0.25) is 4.79 Å². The molecule has 5 nitrogen and oxygen atoms in total. The van der Waals surface area contributed by atoms with Gasteiger partial charge in [0.15, 0.2) is 5.16 Å². The summed E-state index contributed by atoms with van der Waals surface area (Å²) in [5.41, 5.74) is 6.76. The van der Waals surface area contributed by atoms with Gasteiger partial charge in [0, 0.05) is 16.1 Å². The number of aromatic nitrogens is 2.